The molecule has 1 aliphatic rings. The van der Waals surface area contributed by atoms with Crippen LogP contribution in [0.15, 0.2) is 24.5 Å². The van der Waals surface area contributed by atoms with Gasteiger partial charge in [-0.15, -0.1) is 0 Å². The Morgan fingerprint density at radius 3 is 2.95 bits per heavy atom. The van der Waals surface area contributed by atoms with Gasteiger partial charge in [-0.2, -0.15) is 0 Å². The number of imidazole rings is 1. The molecule has 1 aromatic carbocycles. The number of carboxylic acid groups (broad SMARTS) is 1. The van der Waals surface area contributed by atoms with Crippen LogP contribution in [0.5, 0.6) is 0 Å². The maximum atomic E-state index is 11.3. The first-order chi connectivity index (χ1) is 9.58. The van der Waals surface area contributed by atoms with Crippen molar-refractivity contribution < 1.29 is 9.90 Å². The molecule has 0 spiro atoms. The van der Waals surface area contributed by atoms with Gasteiger partial charge in [-0.1, -0.05) is 35.3 Å². The molecule has 7 heteroatoms. The number of benzene rings is 1. The topological polar surface area (TPSA) is 78.0 Å². The number of nitrogens with zero attached hydrogens (tertiary/aromatic N) is 1. The summed E-state index contributed by atoms with van der Waals surface area (Å²) in [6.07, 6.45) is 1.92. The lowest BCUT2D eigenvalue weighted by atomic mass is 9.94. The standard InChI is InChI=1S/C13H11Cl2N3O2/c14-7-3-1-2-6(10(7)15)11-12-8(16-5-17-12)4-9(18-11)13(19)20/h1-3,5,9,11,18H,4H2,(H,16,17)(H,19,20). The fraction of sp³-hybridized carbons (Fsp3) is 0.231. The Hall–Kier alpha value is -1.56. The maximum absolute atomic E-state index is 11.3. The Balaban J connectivity index is 2.09. The molecule has 2 atom stereocenters. The van der Waals surface area contributed by atoms with Gasteiger partial charge < -0.3 is 10.1 Å². The summed E-state index contributed by atoms with van der Waals surface area (Å²) in [6.45, 7) is 0. The number of carbonyl (C=O) groups is 1. The van der Waals surface area contributed by atoms with E-state index in [1.807, 2.05) is 6.07 Å². The molecule has 0 saturated heterocycles. The molecular weight excluding hydrogens is 301 g/mol. The second kappa shape index (κ2) is 5.09. The summed E-state index contributed by atoms with van der Waals surface area (Å²) in [6, 6.07) is 4.20. The minimum atomic E-state index is -0.909. The molecule has 0 aliphatic carbocycles. The van der Waals surface area contributed by atoms with Crippen LogP contribution in [-0.2, 0) is 11.2 Å². The second-order valence-electron chi connectivity index (χ2n) is 4.60. The number of halogens is 2. The van der Waals surface area contributed by atoms with Gasteiger partial charge in [-0.25, -0.2) is 4.98 Å². The van der Waals surface area contributed by atoms with E-state index < -0.39 is 18.1 Å². The van der Waals surface area contributed by atoms with E-state index in [4.69, 9.17) is 23.2 Å². The molecule has 0 saturated carbocycles. The summed E-state index contributed by atoms with van der Waals surface area (Å²) < 4.78 is 0. The number of aliphatic carboxylic acids is 1. The summed E-state index contributed by atoms with van der Waals surface area (Å²) in [5.74, 6) is -0.909. The van der Waals surface area contributed by atoms with Gasteiger partial charge >= 0.3 is 5.97 Å². The van der Waals surface area contributed by atoms with Crippen LogP contribution >= 0.6 is 23.2 Å². The predicted octanol–water partition coefficient (Wildman–Crippen LogP) is 2.40. The van der Waals surface area contributed by atoms with E-state index in [1.54, 1.807) is 18.5 Å². The van der Waals surface area contributed by atoms with Crippen molar-refractivity contribution in [3.8, 4) is 0 Å². The summed E-state index contributed by atoms with van der Waals surface area (Å²) in [4.78, 5) is 18.5. The second-order valence-corrected chi connectivity index (χ2v) is 5.39. The predicted molar refractivity (Wildman–Crippen MR) is 75.2 cm³/mol. The van der Waals surface area contributed by atoms with Crippen LogP contribution in [-0.4, -0.2) is 27.1 Å². The molecule has 0 radical (unpaired) electrons. The SMILES string of the molecule is O=C(O)C1Cc2[nH]cnc2C(c2cccc(Cl)c2Cl)N1. The first-order valence-electron chi connectivity index (χ1n) is 6.03. The molecule has 5 nitrogen and oxygen atoms in total. The van der Waals surface area contributed by atoms with Crippen LogP contribution < -0.4 is 5.32 Å². The third-order valence-corrected chi connectivity index (χ3v) is 4.23. The molecule has 2 unspecified atom stereocenters. The number of aromatic nitrogens is 2. The number of hydrogen-bond acceptors (Lipinski definition) is 3. The van der Waals surface area contributed by atoms with Crippen molar-refractivity contribution in [3.63, 3.8) is 0 Å². The third kappa shape index (κ3) is 2.18. The molecule has 3 rings (SSSR count). The quantitative estimate of drug-likeness (QED) is 0.796. The van der Waals surface area contributed by atoms with E-state index in [0.717, 1.165) is 17.0 Å². The number of carboxylic acids is 1. The molecular formula is C13H11Cl2N3O2. The molecule has 0 fully saturated rings. The van der Waals surface area contributed by atoms with Gasteiger partial charge in [-0.3, -0.25) is 10.1 Å². The van der Waals surface area contributed by atoms with E-state index in [0.29, 0.717) is 16.5 Å². The van der Waals surface area contributed by atoms with Crippen LogP contribution in [0, 0.1) is 0 Å². The number of aromatic amines is 1. The van der Waals surface area contributed by atoms with Gasteiger partial charge in [0.25, 0.3) is 0 Å². The van der Waals surface area contributed by atoms with Crippen LogP contribution in [0.25, 0.3) is 0 Å². The third-order valence-electron chi connectivity index (χ3n) is 3.39. The number of nitrogens with one attached hydrogen (secondary N) is 2. The van der Waals surface area contributed by atoms with Gasteiger partial charge in [0.2, 0.25) is 0 Å². The van der Waals surface area contributed by atoms with Gasteiger partial charge in [0.15, 0.2) is 0 Å². The smallest absolute Gasteiger partial charge is 0.321 e. The zero-order valence-corrected chi connectivity index (χ0v) is 11.7. The first-order valence-corrected chi connectivity index (χ1v) is 6.78. The van der Waals surface area contributed by atoms with Crippen molar-refractivity contribution in [2.24, 2.45) is 0 Å². The molecule has 0 bridgehead atoms. The van der Waals surface area contributed by atoms with Gasteiger partial charge in [0, 0.05) is 12.1 Å². The van der Waals surface area contributed by atoms with Crippen LogP contribution in [0.4, 0.5) is 0 Å². The number of rotatable bonds is 2. The highest BCUT2D eigenvalue weighted by atomic mass is 35.5. The summed E-state index contributed by atoms with van der Waals surface area (Å²) in [5, 5.41) is 13.1. The normalized spacial score (nSPS) is 21.5. The Morgan fingerprint density at radius 1 is 1.40 bits per heavy atom. The van der Waals surface area contributed by atoms with Gasteiger partial charge in [0.05, 0.1) is 28.1 Å². The fourth-order valence-electron chi connectivity index (χ4n) is 2.43. The zero-order valence-electron chi connectivity index (χ0n) is 10.2. The zero-order chi connectivity index (χ0) is 14.3. The molecule has 2 heterocycles. The molecule has 2 aromatic rings. The lowest BCUT2D eigenvalue weighted by Crippen LogP contribution is -2.45. The molecule has 20 heavy (non-hydrogen) atoms. The van der Waals surface area contributed by atoms with Crippen LogP contribution in [0.1, 0.15) is 23.0 Å². The monoisotopic (exact) mass is 311 g/mol. The number of H-pyrrole nitrogens is 1. The Bertz CT molecular complexity index is 671. The van der Waals surface area contributed by atoms with Gasteiger partial charge in [-0.05, 0) is 11.6 Å². The Kier molecular flexibility index (Phi) is 3.41. The largest absolute Gasteiger partial charge is 0.480 e. The summed E-state index contributed by atoms with van der Waals surface area (Å²) >= 11 is 12.3. The van der Waals surface area contributed by atoms with Gasteiger partial charge in [0.1, 0.15) is 6.04 Å². The highest BCUT2D eigenvalue weighted by Gasteiger charge is 2.34. The average molecular weight is 312 g/mol. The molecule has 0 amide bonds. The summed E-state index contributed by atoms with van der Waals surface area (Å²) in [7, 11) is 0. The fourth-order valence-corrected chi connectivity index (χ4v) is 2.84. The van der Waals surface area contributed by atoms with E-state index in [-0.39, 0.29) is 0 Å². The van der Waals surface area contributed by atoms with E-state index in [1.165, 1.54) is 0 Å². The minimum absolute atomic E-state index is 0.360. The van der Waals surface area contributed by atoms with Crippen LogP contribution in [0.2, 0.25) is 10.0 Å². The average Bonchev–Trinajstić information content (AvgIpc) is 2.89. The summed E-state index contributed by atoms with van der Waals surface area (Å²) in [5.41, 5.74) is 2.28. The van der Waals surface area contributed by atoms with Crippen molar-refractivity contribution in [3.05, 3.63) is 51.5 Å². The van der Waals surface area contributed by atoms with E-state index in [9.17, 15) is 9.90 Å². The number of hydrogen-bond donors (Lipinski definition) is 3. The van der Waals surface area contributed by atoms with Crippen molar-refractivity contribution >= 4 is 29.2 Å². The first kappa shape index (κ1) is 13.4. The van der Waals surface area contributed by atoms with Crippen molar-refractivity contribution in [1.82, 2.24) is 15.3 Å². The van der Waals surface area contributed by atoms with Crippen molar-refractivity contribution in [2.45, 2.75) is 18.5 Å². The van der Waals surface area contributed by atoms with Crippen molar-refractivity contribution in [2.75, 3.05) is 0 Å². The van der Waals surface area contributed by atoms with Crippen molar-refractivity contribution in [1.29, 1.82) is 0 Å². The molecule has 1 aliphatic heterocycles. The minimum Gasteiger partial charge on any atom is -0.480 e. The highest BCUT2D eigenvalue weighted by Crippen LogP contribution is 2.35. The highest BCUT2D eigenvalue weighted by molar-refractivity contribution is 6.42. The van der Waals surface area contributed by atoms with Crippen LogP contribution in [0.3, 0.4) is 0 Å². The molecule has 3 N–H and O–H groups in total. The lowest BCUT2D eigenvalue weighted by Gasteiger charge is -2.28. The molecule has 104 valence electrons. The Labute approximate surface area is 124 Å². The van der Waals surface area contributed by atoms with E-state index in [2.05, 4.69) is 15.3 Å². The number of fused-ring (bicyclic) bond motifs is 1. The molecule has 1 aromatic heterocycles. The van der Waals surface area contributed by atoms with E-state index >= 15 is 0 Å². The lowest BCUT2D eigenvalue weighted by molar-refractivity contribution is -0.139. The Morgan fingerprint density at radius 2 is 2.20 bits per heavy atom. The maximum Gasteiger partial charge on any atom is 0.321 e.